The van der Waals surface area contributed by atoms with Crippen LogP contribution in [0.3, 0.4) is 0 Å². The number of amides is 1. The van der Waals surface area contributed by atoms with Crippen LogP contribution in [0.2, 0.25) is 0 Å². The molecule has 1 atom stereocenters. The number of nitrogens with one attached hydrogen (secondary N) is 1. The van der Waals surface area contributed by atoms with Crippen molar-refractivity contribution in [2.24, 2.45) is 5.73 Å². The lowest BCUT2D eigenvalue weighted by atomic mass is 9.90. The van der Waals surface area contributed by atoms with Crippen LogP contribution in [0.25, 0.3) is 0 Å². The van der Waals surface area contributed by atoms with E-state index in [9.17, 15) is 4.79 Å². The normalized spacial score (nSPS) is 24.9. The molecule has 1 saturated carbocycles. The molecule has 0 radical (unpaired) electrons. The minimum absolute atomic E-state index is 0.169. The third-order valence-corrected chi connectivity index (χ3v) is 7.84. The first-order chi connectivity index (χ1) is 16.0. The maximum absolute atomic E-state index is 12.8. The Morgan fingerprint density at radius 2 is 1.85 bits per heavy atom. The molecular formula is C28H42N4O. The van der Waals surface area contributed by atoms with Gasteiger partial charge in [0.1, 0.15) is 0 Å². The molecule has 1 aromatic carbocycles. The zero-order valence-electron chi connectivity index (χ0n) is 20.6. The summed E-state index contributed by atoms with van der Waals surface area (Å²) in [7, 11) is 0. The van der Waals surface area contributed by atoms with Gasteiger partial charge in [-0.05, 0) is 82.7 Å². The van der Waals surface area contributed by atoms with Crippen LogP contribution in [0.1, 0.15) is 93.1 Å². The van der Waals surface area contributed by atoms with Crippen molar-refractivity contribution in [1.82, 2.24) is 15.1 Å². The van der Waals surface area contributed by atoms with Crippen molar-refractivity contribution in [1.29, 1.82) is 0 Å². The number of carbonyl (C=O) groups excluding carboxylic acids is 1. The van der Waals surface area contributed by atoms with Gasteiger partial charge in [0, 0.05) is 54.8 Å². The Balaban J connectivity index is 1.23. The average molecular weight is 451 g/mol. The second kappa shape index (κ2) is 11.5. The second-order valence-corrected chi connectivity index (χ2v) is 10.3. The fraction of sp³-hybridized carbons (Fsp3) is 0.679. The number of carbonyl (C=O) groups is 1. The number of benzene rings is 1. The molecule has 0 aromatic heterocycles. The van der Waals surface area contributed by atoms with E-state index in [1.165, 1.54) is 38.5 Å². The summed E-state index contributed by atoms with van der Waals surface area (Å²) in [6, 6.07) is 8.05. The number of piperidine rings is 1. The summed E-state index contributed by atoms with van der Waals surface area (Å²) < 4.78 is 0. The van der Waals surface area contributed by atoms with E-state index in [-0.39, 0.29) is 11.9 Å². The molecule has 1 saturated heterocycles. The van der Waals surface area contributed by atoms with E-state index < -0.39 is 0 Å². The van der Waals surface area contributed by atoms with Crippen LogP contribution in [0.15, 0.2) is 18.2 Å². The average Bonchev–Trinajstić information content (AvgIpc) is 3.17. The zero-order valence-corrected chi connectivity index (χ0v) is 20.6. The predicted molar refractivity (Wildman–Crippen MR) is 135 cm³/mol. The number of fused-ring (bicyclic) bond motifs is 1. The van der Waals surface area contributed by atoms with Gasteiger partial charge in [0.15, 0.2) is 0 Å². The Morgan fingerprint density at radius 3 is 2.58 bits per heavy atom. The highest BCUT2D eigenvalue weighted by molar-refractivity contribution is 5.99. The Labute approximate surface area is 200 Å². The Morgan fingerprint density at radius 1 is 1.12 bits per heavy atom. The molecule has 5 heteroatoms. The largest absolute Gasteiger partial charge is 0.332 e. The number of nitrogens with zero attached hydrogens (tertiary/aromatic N) is 2. The fourth-order valence-corrected chi connectivity index (χ4v) is 5.72. The van der Waals surface area contributed by atoms with Crippen molar-refractivity contribution < 1.29 is 4.79 Å². The molecule has 33 heavy (non-hydrogen) atoms. The molecule has 5 nitrogen and oxygen atoms in total. The molecule has 1 unspecified atom stereocenters. The van der Waals surface area contributed by atoms with Crippen LogP contribution in [-0.2, 0) is 6.54 Å². The van der Waals surface area contributed by atoms with Crippen LogP contribution in [0.4, 0.5) is 0 Å². The van der Waals surface area contributed by atoms with Gasteiger partial charge in [0.2, 0.25) is 0 Å². The Hall–Kier alpha value is -1.87. The molecule has 2 heterocycles. The van der Waals surface area contributed by atoms with Crippen molar-refractivity contribution in [3.63, 3.8) is 0 Å². The van der Waals surface area contributed by atoms with Crippen molar-refractivity contribution in [2.45, 2.75) is 102 Å². The summed E-state index contributed by atoms with van der Waals surface area (Å²) in [6.07, 6.45) is 10.3. The topological polar surface area (TPSA) is 61.6 Å². The molecule has 2 aliphatic heterocycles. The van der Waals surface area contributed by atoms with E-state index in [0.29, 0.717) is 24.7 Å². The van der Waals surface area contributed by atoms with Crippen LogP contribution < -0.4 is 11.1 Å². The molecular weight excluding hydrogens is 408 g/mol. The number of hydrogen-bond donors (Lipinski definition) is 2. The summed E-state index contributed by atoms with van der Waals surface area (Å²) in [5, 5.41) is 3.89. The third kappa shape index (κ3) is 6.18. The molecule has 3 N–H and O–H groups in total. The van der Waals surface area contributed by atoms with E-state index >= 15 is 0 Å². The van der Waals surface area contributed by atoms with Gasteiger partial charge in [0.05, 0.1) is 0 Å². The van der Waals surface area contributed by atoms with E-state index in [1.54, 1.807) is 0 Å². The molecule has 1 aromatic rings. The van der Waals surface area contributed by atoms with Gasteiger partial charge in [-0.1, -0.05) is 31.3 Å². The SMILES string of the molecule is CCCC(C)N1Cc2c(C#CCCN3CCC(NC4CCC(N)CC4)CC3)cccc2C1=O. The molecule has 180 valence electrons. The quantitative estimate of drug-likeness (QED) is 0.619. The summed E-state index contributed by atoms with van der Waals surface area (Å²) in [5.41, 5.74) is 9.04. The maximum Gasteiger partial charge on any atom is 0.254 e. The molecule has 3 aliphatic rings. The molecule has 0 bridgehead atoms. The van der Waals surface area contributed by atoms with Gasteiger partial charge in [-0.25, -0.2) is 0 Å². The monoisotopic (exact) mass is 450 g/mol. The van der Waals surface area contributed by atoms with E-state index in [2.05, 4.69) is 42.0 Å². The first-order valence-electron chi connectivity index (χ1n) is 13.2. The number of likely N-dealkylation sites (tertiary alicyclic amines) is 1. The van der Waals surface area contributed by atoms with Gasteiger partial charge in [0.25, 0.3) is 5.91 Å². The van der Waals surface area contributed by atoms with Gasteiger partial charge in [-0.15, -0.1) is 0 Å². The van der Waals surface area contributed by atoms with Crippen molar-refractivity contribution in [3.8, 4) is 11.8 Å². The van der Waals surface area contributed by atoms with Crippen LogP contribution >= 0.6 is 0 Å². The number of hydrogen-bond acceptors (Lipinski definition) is 4. The summed E-state index contributed by atoms with van der Waals surface area (Å²) >= 11 is 0. The lowest BCUT2D eigenvalue weighted by molar-refractivity contribution is 0.0709. The lowest BCUT2D eigenvalue weighted by Gasteiger charge is -2.36. The van der Waals surface area contributed by atoms with E-state index in [4.69, 9.17) is 5.73 Å². The Bertz CT molecular complexity index is 856. The summed E-state index contributed by atoms with van der Waals surface area (Å²) in [4.78, 5) is 17.4. The highest BCUT2D eigenvalue weighted by atomic mass is 16.2. The van der Waals surface area contributed by atoms with Gasteiger partial charge in [-0.3, -0.25) is 4.79 Å². The smallest absolute Gasteiger partial charge is 0.254 e. The van der Waals surface area contributed by atoms with Gasteiger partial charge >= 0.3 is 0 Å². The van der Waals surface area contributed by atoms with Crippen LogP contribution in [0.5, 0.6) is 0 Å². The van der Waals surface area contributed by atoms with Crippen LogP contribution in [0, 0.1) is 11.8 Å². The van der Waals surface area contributed by atoms with Crippen molar-refractivity contribution >= 4 is 5.91 Å². The maximum atomic E-state index is 12.8. The van der Waals surface area contributed by atoms with Crippen molar-refractivity contribution in [2.75, 3.05) is 19.6 Å². The second-order valence-electron chi connectivity index (χ2n) is 10.3. The molecule has 1 amide bonds. The summed E-state index contributed by atoms with van der Waals surface area (Å²) in [6.45, 7) is 8.38. The zero-order chi connectivity index (χ0) is 23.2. The van der Waals surface area contributed by atoms with Crippen molar-refractivity contribution in [3.05, 3.63) is 34.9 Å². The molecule has 4 rings (SSSR count). The van der Waals surface area contributed by atoms with E-state index in [0.717, 1.165) is 55.6 Å². The first kappa shape index (κ1) is 24.3. The third-order valence-electron chi connectivity index (χ3n) is 7.84. The Kier molecular flexibility index (Phi) is 8.46. The van der Waals surface area contributed by atoms with Gasteiger partial charge in [-0.2, -0.15) is 0 Å². The van der Waals surface area contributed by atoms with Gasteiger partial charge < -0.3 is 20.9 Å². The highest BCUT2D eigenvalue weighted by Crippen LogP contribution is 2.28. The lowest BCUT2D eigenvalue weighted by Crippen LogP contribution is -2.48. The molecule has 2 fully saturated rings. The summed E-state index contributed by atoms with van der Waals surface area (Å²) in [5.74, 6) is 6.95. The standard InChI is InChI=1S/C28H42N4O/c1-3-7-21(2)32-20-27-22(9-6-10-26(27)28(32)33)8-4-5-17-31-18-15-25(16-19-31)30-24-13-11-23(29)12-14-24/h6,9-10,21,23-25,30H,3,5,7,11-20,29H2,1-2H3. The minimum Gasteiger partial charge on any atom is -0.332 e. The minimum atomic E-state index is 0.169. The van der Waals surface area contributed by atoms with Crippen LogP contribution in [-0.4, -0.2) is 59.5 Å². The molecule has 1 aliphatic carbocycles. The first-order valence-corrected chi connectivity index (χ1v) is 13.2. The number of nitrogens with two attached hydrogens (primary N) is 1. The predicted octanol–water partition coefficient (Wildman–Crippen LogP) is 3.90. The number of rotatable bonds is 7. The molecule has 0 spiro atoms. The highest BCUT2D eigenvalue weighted by Gasteiger charge is 2.31. The van der Waals surface area contributed by atoms with E-state index in [1.807, 2.05) is 17.0 Å². The fourth-order valence-electron chi connectivity index (χ4n) is 5.72.